The average molecular weight is 549 g/mol. The van der Waals surface area contributed by atoms with E-state index < -0.39 is 40.5 Å². The van der Waals surface area contributed by atoms with Gasteiger partial charge in [0.15, 0.2) is 0 Å². The number of aryl methyl sites for hydroxylation is 1. The third-order valence-corrected chi connectivity index (χ3v) is 8.71. The molecule has 208 valence electrons. The number of hydrazine groups is 1. The molecule has 2 saturated heterocycles. The molecule has 4 rings (SSSR count). The molecule has 0 saturated carbocycles. The summed E-state index contributed by atoms with van der Waals surface area (Å²) >= 11 is 0. The highest BCUT2D eigenvalue weighted by molar-refractivity contribution is 7.89. The van der Waals surface area contributed by atoms with Gasteiger partial charge in [0.2, 0.25) is 15.9 Å². The minimum atomic E-state index is -4.11. The predicted octanol–water partition coefficient (Wildman–Crippen LogP) is -0.463. The summed E-state index contributed by atoms with van der Waals surface area (Å²) in [5.41, 5.74) is 3.96. The van der Waals surface area contributed by atoms with E-state index in [2.05, 4.69) is 20.8 Å². The molecule has 3 aliphatic heterocycles. The number of aliphatic carboxylic acids is 1. The van der Waals surface area contributed by atoms with Gasteiger partial charge in [-0.15, -0.1) is 0 Å². The molecule has 12 nitrogen and oxygen atoms in total. The fourth-order valence-electron chi connectivity index (χ4n) is 4.94. The van der Waals surface area contributed by atoms with E-state index >= 15 is 0 Å². The lowest BCUT2D eigenvalue weighted by atomic mass is 9.94. The first-order valence-electron chi connectivity index (χ1n) is 13.0. The smallest absolute Gasteiger partial charge is 0.323 e. The molecule has 0 aromatic heterocycles. The number of carbonyl (C=O) groups is 3. The maximum atomic E-state index is 13.2. The number of nitrogens with zero attached hydrogens (tertiary/aromatic N) is 2. The Labute approximate surface area is 222 Å². The molecule has 5 N–H and O–H groups in total. The number of hydrogen-bond donors (Lipinski definition) is 5. The third kappa shape index (κ3) is 6.90. The minimum Gasteiger partial charge on any atom is -0.480 e. The summed E-state index contributed by atoms with van der Waals surface area (Å²) in [7, 11) is -4.11. The Balaban J connectivity index is 1.34. The van der Waals surface area contributed by atoms with Crippen LogP contribution in [0.1, 0.15) is 31.2 Å². The Hall–Kier alpha value is -3.00. The zero-order chi connectivity index (χ0) is 27.3. The lowest BCUT2D eigenvalue weighted by molar-refractivity contribution is -0.139. The van der Waals surface area contributed by atoms with Crippen molar-refractivity contribution in [1.29, 1.82) is 0 Å². The number of rotatable bonds is 10. The first-order chi connectivity index (χ1) is 18.1. The zero-order valence-electron chi connectivity index (χ0n) is 21.5. The molecule has 2 atom stereocenters. The van der Waals surface area contributed by atoms with Gasteiger partial charge in [-0.25, -0.2) is 13.4 Å². The van der Waals surface area contributed by atoms with E-state index in [1.807, 2.05) is 4.90 Å². The Morgan fingerprint density at radius 2 is 1.87 bits per heavy atom. The molecule has 0 bridgehead atoms. The van der Waals surface area contributed by atoms with Crippen LogP contribution in [0.25, 0.3) is 0 Å². The molecule has 0 radical (unpaired) electrons. The highest BCUT2D eigenvalue weighted by Gasteiger charge is 2.37. The van der Waals surface area contributed by atoms with Crippen LogP contribution in [0.2, 0.25) is 0 Å². The van der Waals surface area contributed by atoms with Crippen LogP contribution in [0, 0.1) is 12.8 Å². The molecule has 2 fully saturated rings. The molecule has 3 heterocycles. The van der Waals surface area contributed by atoms with Crippen molar-refractivity contribution in [3.63, 3.8) is 0 Å². The van der Waals surface area contributed by atoms with Gasteiger partial charge in [0.25, 0.3) is 5.91 Å². The second-order valence-electron chi connectivity index (χ2n) is 10.0. The van der Waals surface area contributed by atoms with Crippen LogP contribution in [-0.4, -0.2) is 92.6 Å². The molecule has 1 aromatic rings. The fourth-order valence-corrected chi connectivity index (χ4v) is 6.13. The number of sulfonamides is 1. The van der Waals surface area contributed by atoms with E-state index in [0.29, 0.717) is 25.6 Å². The van der Waals surface area contributed by atoms with Crippen molar-refractivity contribution in [3.05, 3.63) is 41.6 Å². The predicted molar refractivity (Wildman–Crippen MR) is 139 cm³/mol. The molecule has 38 heavy (non-hydrogen) atoms. The summed E-state index contributed by atoms with van der Waals surface area (Å²) in [6.45, 7) is 5.27. The van der Waals surface area contributed by atoms with Crippen LogP contribution in [0.5, 0.6) is 0 Å². The number of nitrogens with one attached hydrogen (secondary N) is 4. The number of carbonyl (C=O) groups excluding carboxylic acids is 2. The summed E-state index contributed by atoms with van der Waals surface area (Å²) in [5.74, 6) is -1.51. The first kappa shape index (κ1) is 28.0. The topological polar surface area (TPSA) is 160 Å². The van der Waals surface area contributed by atoms with Gasteiger partial charge >= 0.3 is 5.97 Å². The van der Waals surface area contributed by atoms with Crippen molar-refractivity contribution < 1.29 is 27.9 Å². The molecule has 13 heteroatoms. The molecular weight excluding hydrogens is 512 g/mol. The van der Waals surface area contributed by atoms with E-state index in [-0.39, 0.29) is 16.5 Å². The molecule has 0 spiro atoms. The SMILES string of the molecule is Cc1ccc(S(=O)(=O)NC(CNC(=O)C2=CC3C(=O)N(CCC4CCNCC4)CCCN3N2)C(=O)O)cc1. The first-order valence-corrected chi connectivity index (χ1v) is 14.5. The second-order valence-corrected chi connectivity index (χ2v) is 11.7. The molecule has 3 aliphatic rings. The maximum absolute atomic E-state index is 13.2. The number of hydrogen-bond acceptors (Lipinski definition) is 8. The van der Waals surface area contributed by atoms with Crippen LogP contribution in [0.3, 0.4) is 0 Å². The van der Waals surface area contributed by atoms with Crippen LogP contribution in [0.15, 0.2) is 40.9 Å². The van der Waals surface area contributed by atoms with Gasteiger partial charge in [0.1, 0.15) is 17.8 Å². The quantitative estimate of drug-likeness (QED) is 0.261. The summed E-state index contributed by atoms with van der Waals surface area (Å²) in [6.07, 6.45) is 5.49. The summed E-state index contributed by atoms with van der Waals surface area (Å²) in [4.78, 5) is 39.6. The van der Waals surface area contributed by atoms with Crippen LogP contribution in [0.4, 0.5) is 0 Å². The van der Waals surface area contributed by atoms with Gasteiger partial charge in [0.05, 0.1) is 4.90 Å². The normalized spacial score (nSPS) is 21.7. The van der Waals surface area contributed by atoms with Gasteiger partial charge in [0, 0.05) is 26.2 Å². The summed E-state index contributed by atoms with van der Waals surface area (Å²) in [6, 6.07) is 3.78. The van der Waals surface area contributed by atoms with Gasteiger partial charge in [-0.2, -0.15) is 4.72 Å². The van der Waals surface area contributed by atoms with Crippen molar-refractivity contribution in [1.82, 2.24) is 30.7 Å². The molecule has 2 amide bonds. The largest absolute Gasteiger partial charge is 0.480 e. The Morgan fingerprint density at radius 1 is 1.16 bits per heavy atom. The molecule has 2 unspecified atom stereocenters. The number of fused-ring (bicyclic) bond motifs is 1. The van der Waals surface area contributed by atoms with Gasteiger partial charge in [-0.1, -0.05) is 17.7 Å². The number of amides is 2. The molecular formula is C25H36N6O6S. The standard InChI is InChI=1S/C25H36N6O6S/c1-17-3-5-19(6-4-17)38(36,37)29-21(25(34)35)16-27-23(32)20-15-22-24(33)30(12-2-13-31(22)28-20)14-9-18-7-10-26-11-8-18/h3-6,15,18,21-22,26,28-29H,2,7-14,16H2,1H3,(H,27,32)(H,34,35). The van der Waals surface area contributed by atoms with Gasteiger partial charge in [-0.3, -0.25) is 14.4 Å². The zero-order valence-corrected chi connectivity index (χ0v) is 22.3. The number of carboxylic acid groups (broad SMARTS) is 1. The Bertz CT molecular complexity index is 1170. The highest BCUT2D eigenvalue weighted by atomic mass is 32.2. The minimum absolute atomic E-state index is 0.0685. The molecule has 0 aliphatic carbocycles. The van der Waals surface area contributed by atoms with Crippen LogP contribution >= 0.6 is 0 Å². The van der Waals surface area contributed by atoms with E-state index in [9.17, 15) is 27.9 Å². The maximum Gasteiger partial charge on any atom is 0.323 e. The van der Waals surface area contributed by atoms with Crippen molar-refractivity contribution in [2.45, 2.75) is 49.6 Å². The van der Waals surface area contributed by atoms with Crippen molar-refractivity contribution >= 4 is 27.8 Å². The summed E-state index contributed by atoms with van der Waals surface area (Å²) < 4.78 is 27.4. The highest BCUT2D eigenvalue weighted by Crippen LogP contribution is 2.21. The van der Waals surface area contributed by atoms with Crippen molar-refractivity contribution in [3.8, 4) is 0 Å². The summed E-state index contributed by atoms with van der Waals surface area (Å²) in [5, 5.41) is 17.1. The Kier molecular flexibility index (Phi) is 9.03. The van der Waals surface area contributed by atoms with Gasteiger partial charge < -0.3 is 26.1 Å². The second kappa shape index (κ2) is 12.2. The van der Waals surface area contributed by atoms with Crippen LogP contribution in [-0.2, 0) is 24.4 Å². The van der Waals surface area contributed by atoms with Crippen molar-refractivity contribution in [2.75, 3.05) is 39.3 Å². The lowest BCUT2D eigenvalue weighted by Gasteiger charge is -2.28. The number of carboxylic acids is 1. The molecule has 1 aromatic carbocycles. The average Bonchev–Trinajstić information content (AvgIpc) is 3.27. The monoisotopic (exact) mass is 548 g/mol. The lowest BCUT2D eigenvalue weighted by Crippen LogP contribution is -2.49. The van der Waals surface area contributed by atoms with E-state index in [1.165, 1.54) is 12.1 Å². The van der Waals surface area contributed by atoms with E-state index in [0.717, 1.165) is 44.3 Å². The fraction of sp³-hybridized carbons (Fsp3) is 0.560. The Morgan fingerprint density at radius 3 is 2.55 bits per heavy atom. The third-order valence-electron chi connectivity index (χ3n) is 7.22. The number of benzene rings is 1. The van der Waals surface area contributed by atoms with Crippen LogP contribution < -0.4 is 20.8 Å². The van der Waals surface area contributed by atoms with E-state index in [4.69, 9.17) is 0 Å². The number of piperidine rings is 1. The van der Waals surface area contributed by atoms with Crippen molar-refractivity contribution in [2.24, 2.45) is 5.92 Å². The van der Waals surface area contributed by atoms with E-state index in [1.54, 1.807) is 30.1 Å². The van der Waals surface area contributed by atoms with Gasteiger partial charge in [-0.05, 0) is 69.8 Å².